The van der Waals surface area contributed by atoms with E-state index < -0.39 is 0 Å². The van der Waals surface area contributed by atoms with Gasteiger partial charge in [0.15, 0.2) is 0 Å². The number of halogens is 1. The van der Waals surface area contributed by atoms with Gasteiger partial charge < -0.3 is 4.57 Å². The minimum Gasteiger partial charge on any atom is -0.342 e. The van der Waals surface area contributed by atoms with Crippen LogP contribution in [0.2, 0.25) is 0 Å². The highest BCUT2D eigenvalue weighted by Crippen LogP contribution is 1.87. The summed E-state index contributed by atoms with van der Waals surface area (Å²) in [4.78, 5) is 0. The van der Waals surface area contributed by atoms with E-state index in [0.717, 1.165) is 4.64 Å². The molecule has 0 unspecified atom stereocenters. The molecule has 0 aliphatic heterocycles. The van der Waals surface area contributed by atoms with Crippen molar-refractivity contribution in [3.63, 3.8) is 0 Å². The molecule has 1 nitrogen and oxygen atoms in total. The van der Waals surface area contributed by atoms with Crippen LogP contribution in [0.15, 0.2) is 24.4 Å². The number of pyridine rings is 1. The maximum absolute atomic E-state index is 4.92. The van der Waals surface area contributed by atoms with Crippen molar-refractivity contribution in [2.75, 3.05) is 0 Å². The van der Waals surface area contributed by atoms with Crippen LogP contribution in [0.4, 0.5) is 0 Å². The number of hydrogen-bond donors (Lipinski definition) is 0. The van der Waals surface area contributed by atoms with Crippen molar-refractivity contribution in [3.05, 3.63) is 29.0 Å². The molecule has 0 aromatic carbocycles. The molecule has 0 spiro atoms. The first-order valence-electron chi connectivity index (χ1n) is 2.42. The molecule has 0 atom stereocenters. The van der Waals surface area contributed by atoms with Crippen molar-refractivity contribution < 1.29 is 0 Å². The second kappa shape index (κ2) is 3.64. The third-order valence-corrected chi connectivity index (χ3v) is 1.43. The Kier molecular flexibility index (Phi) is 3.50. The molecule has 0 amide bonds. The maximum atomic E-state index is 4.92. The molecule has 1 rings (SSSR count). The molecular weight excluding hydrogens is 154 g/mol. The van der Waals surface area contributed by atoms with Gasteiger partial charge in [-0.05, 0) is 12.1 Å². The zero-order chi connectivity index (χ0) is 5.98. The molecule has 0 saturated heterocycles. The first kappa shape index (κ1) is 8.66. The summed E-state index contributed by atoms with van der Waals surface area (Å²) in [6.45, 7) is 0. The molecule has 9 heavy (non-hydrogen) atoms. The summed E-state index contributed by atoms with van der Waals surface area (Å²) in [6.07, 6.45) is 1.93. The van der Waals surface area contributed by atoms with Crippen molar-refractivity contribution in [2.45, 2.75) is 0 Å². The summed E-state index contributed by atoms with van der Waals surface area (Å²) < 4.78 is 2.77. The van der Waals surface area contributed by atoms with Crippen molar-refractivity contribution in [3.8, 4) is 0 Å². The molecule has 0 aliphatic carbocycles. The molecule has 1 heterocycles. The standard InChI is InChI=1S/C6H7NS.ClH/c1-7-5-3-2-4-6(7)8;/h2-5H,1H3;1H. The molecule has 1 aromatic rings. The summed E-state index contributed by atoms with van der Waals surface area (Å²) in [5.41, 5.74) is 0. The monoisotopic (exact) mass is 161 g/mol. The number of hydrogen-bond acceptors (Lipinski definition) is 1. The Labute approximate surface area is 65.7 Å². The van der Waals surface area contributed by atoms with Crippen molar-refractivity contribution in [1.82, 2.24) is 4.57 Å². The van der Waals surface area contributed by atoms with E-state index in [9.17, 15) is 0 Å². The fraction of sp³-hybridized carbons (Fsp3) is 0.167. The topological polar surface area (TPSA) is 4.93 Å². The van der Waals surface area contributed by atoms with Gasteiger partial charge in [-0.15, -0.1) is 12.4 Å². The van der Waals surface area contributed by atoms with Crippen molar-refractivity contribution in [1.29, 1.82) is 0 Å². The Hall–Kier alpha value is -0.340. The summed E-state index contributed by atoms with van der Waals surface area (Å²) in [6, 6.07) is 5.79. The van der Waals surface area contributed by atoms with Crippen LogP contribution >= 0.6 is 24.6 Å². The number of aromatic nitrogens is 1. The van der Waals surface area contributed by atoms with Gasteiger partial charge in [0.25, 0.3) is 0 Å². The predicted molar refractivity (Wildman–Crippen MR) is 43.5 cm³/mol. The van der Waals surface area contributed by atoms with Gasteiger partial charge in [-0.2, -0.15) is 0 Å². The second-order valence-corrected chi connectivity index (χ2v) is 2.07. The minimum absolute atomic E-state index is 0. The second-order valence-electron chi connectivity index (χ2n) is 1.65. The van der Waals surface area contributed by atoms with E-state index in [1.54, 1.807) is 0 Å². The minimum atomic E-state index is 0. The van der Waals surface area contributed by atoms with E-state index in [1.165, 1.54) is 0 Å². The largest absolute Gasteiger partial charge is 0.342 e. The van der Waals surface area contributed by atoms with Gasteiger partial charge in [-0.1, -0.05) is 18.3 Å². The first-order valence-corrected chi connectivity index (χ1v) is 2.83. The Morgan fingerprint density at radius 1 is 1.44 bits per heavy atom. The van der Waals surface area contributed by atoms with Crippen LogP contribution in [-0.2, 0) is 7.05 Å². The highest BCUT2D eigenvalue weighted by molar-refractivity contribution is 7.71. The molecule has 0 radical (unpaired) electrons. The third kappa shape index (κ3) is 2.16. The molecule has 0 N–H and O–H groups in total. The zero-order valence-corrected chi connectivity index (χ0v) is 6.71. The van der Waals surface area contributed by atoms with E-state index in [2.05, 4.69) is 0 Å². The average molecular weight is 162 g/mol. The molecule has 50 valence electrons. The Bertz CT molecular complexity index is 230. The van der Waals surface area contributed by atoms with Crippen LogP contribution in [0.25, 0.3) is 0 Å². The van der Waals surface area contributed by atoms with E-state index in [4.69, 9.17) is 12.2 Å². The zero-order valence-electron chi connectivity index (χ0n) is 5.07. The number of rotatable bonds is 0. The van der Waals surface area contributed by atoms with E-state index in [-0.39, 0.29) is 12.4 Å². The highest BCUT2D eigenvalue weighted by atomic mass is 35.5. The quantitative estimate of drug-likeness (QED) is 0.528. The summed E-state index contributed by atoms with van der Waals surface area (Å²) in [5, 5.41) is 0. The molecule has 0 bridgehead atoms. The smallest absolute Gasteiger partial charge is 0.105 e. The lowest BCUT2D eigenvalue weighted by atomic mass is 10.5. The van der Waals surface area contributed by atoms with E-state index in [1.807, 2.05) is 36.0 Å². The van der Waals surface area contributed by atoms with Crippen LogP contribution in [0.1, 0.15) is 0 Å². The number of aryl methyl sites for hydroxylation is 1. The Balaban J connectivity index is 0.000000640. The van der Waals surface area contributed by atoms with E-state index >= 15 is 0 Å². The lowest BCUT2D eigenvalue weighted by Crippen LogP contribution is -1.87. The van der Waals surface area contributed by atoms with Gasteiger partial charge in [0.2, 0.25) is 0 Å². The number of nitrogens with zero attached hydrogens (tertiary/aromatic N) is 1. The van der Waals surface area contributed by atoms with Crippen LogP contribution < -0.4 is 0 Å². The van der Waals surface area contributed by atoms with Crippen molar-refractivity contribution in [2.24, 2.45) is 7.05 Å². The van der Waals surface area contributed by atoms with Gasteiger partial charge in [-0.25, -0.2) is 0 Å². The molecule has 0 saturated carbocycles. The summed E-state index contributed by atoms with van der Waals surface area (Å²) in [7, 11) is 1.93. The van der Waals surface area contributed by atoms with Gasteiger partial charge in [0, 0.05) is 13.2 Å². The molecule has 1 aromatic heterocycles. The fourth-order valence-electron chi connectivity index (χ4n) is 0.508. The van der Waals surface area contributed by atoms with Crippen molar-refractivity contribution >= 4 is 24.6 Å². The van der Waals surface area contributed by atoms with Crippen LogP contribution in [0.3, 0.4) is 0 Å². The van der Waals surface area contributed by atoms with Gasteiger partial charge >= 0.3 is 0 Å². The van der Waals surface area contributed by atoms with Crippen LogP contribution in [-0.4, -0.2) is 4.57 Å². The molecule has 3 heteroatoms. The first-order chi connectivity index (χ1) is 3.80. The third-order valence-electron chi connectivity index (χ3n) is 1.01. The molecule has 0 fully saturated rings. The Morgan fingerprint density at radius 3 is 2.44 bits per heavy atom. The van der Waals surface area contributed by atoms with Gasteiger partial charge in [0.05, 0.1) is 0 Å². The van der Waals surface area contributed by atoms with Gasteiger partial charge in [0.1, 0.15) is 4.64 Å². The SMILES string of the molecule is Cl.Cn1ccccc1=S. The highest BCUT2D eigenvalue weighted by Gasteiger charge is 1.75. The summed E-state index contributed by atoms with van der Waals surface area (Å²) in [5.74, 6) is 0. The van der Waals surface area contributed by atoms with E-state index in [0.29, 0.717) is 0 Å². The van der Waals surface area contributed by atoms with Crippen LogP contribution in [0, 0.1) is 4.64 Å². The lowest BCUT2D eigenvalue weighted by molar-refractivity contribution is 0.888. The fourth-order valence-corrected chi connectivity index (χ4v) is 0.647. The molecule has 0 aliphatic rings. The lowest BCUT2D eigenvalue weighted by Gasteiger charge is -1.92. The predicted octanol–water partition coefficient (Wildman–Crippen LogP) is 2.18. The van der Waals surface area contributed by atoms with Gasteiger partial charge in [-0.3, -0.25) is 0 Å². The molecular formula is C6H8ClNS. The normalized spacial score (nSPS) is 8.11. The summed E-state index contributed by atoms with van der Waals surface area (Å²) >= 11 is 4.92. The average Bonchev–Trinajstić information content (AvgIpc) is 1.77. The maximum Gasteiger partial charge on any atom is 0.105 e. The van der Waals surface area contributed by atoms with Crippen LogP contribution in [0.5, 0.6) is 0 Å². The Morgan fingerprint density at radius 2 is 2.11 bits per heavy atom.